The Hall–Kier alpha value is -2.02. The normalized spacial score (nSPS) is 12.6. The molecule has 2 aromatic heterocycles. The van der Waals surface area contributed by atoms with Crippen molar-refractivity contribution in [3.05, 3.63) is 18.1 Å². The van der Waals surface area contributed by atoms with Gasteiger partial charge < -0.3 is 16.2 Å². The molecule has 6 nitrogen and oxygen atoms in total. The summed E-state index contributed by atoms with van der Waals surface area (Å²) in [5.74, 6) is -0.0330. The van der Waals surface area contributed by atoms with Crippen LogP contribution in [0, 0.1) is 5.82 Å². The number of aromatic nitrogens is 3. The second-order valence-electron chi connectivity index (χ2n) is 4.26. The molecule has 0 aliphatic heterocycles. The smallest absolute Gasteiger partial charge is 0.222 e. The van der Waals surface area contributed by atoms with Gasteiger partial charge in [0.05, 0.1) is 24.4 Å². The van der Waals surface area contributed by atoms with E-state index in [-0.39, 0.29) is 18.6 Å². The van der Waals surface area contributed by atoms with E-state index in [9.17, 15) is 9.50 Å². The Bertz CT molecular complexity index is 572. The first-order valence-electron chi connectivity index (χ1n) is 6.10. The van der Waals surface area contributed by atoms with Crippen molar-refractivity contribution < 1.29 is 9.50 Å². The lowest BCUT2D eigenvalue weighted by Crippen LogP contribution is -2.24. The van der Waals surface area contributed by atoms with E-state index >= 15 is 0 Å². The molecule has 4 N–H and O–H groups in total. The molecule has 2 rings (SSSR count). The fourth-order valence-corrected chi connectivity index (χ4v) is 1.86. The van der Waals surface area contributed by atoms with Crippen LogP contribution in [0.4, 0.5) is 16.2 Å². The van der Waals surface area contributed by atoms with Crippen molar-refractivity contribution in [2.24, 2.45) is 0 Å². The number of nitrogens with two attached hydrogens (primary N) is 1. The van der Waals surface area contributed by atoms with Crippen LogP contribution < -0.4 is 11.1 Å². The maximum Gasteiger partial charge on any atom is 0.222 e. The average Bonchev–Trinajstić information content (AvgIpc) is 2.37. The predicted octanol–water partition coefficient (Wildman–Crippen LogP) is 1.32. The number of pyridine rings is 1. The van der Waals surface area contributed by atoms with Crippen molar-refractivity contribution >= 4 is 22.8 Å². The highest BCUT2D eigenvalue weighted by molar-refractivity contribution is 5.86. The van der Waals surface area contributed by atoms with Crippen LogP contribution in [0.2, 0.25) is 0 Å². The second kappa shape index (κ2) is 5.75. The number of nitrogen functional groups attached to an aromatic ring is 1. The quantitative estimate of drug-likeness (QED) is 0.754. The molecular formula is C12H16FN5O. The van der Waals surface area contributed by atoms with Gasteiger partial charge in [-0.2, -0.15) is 4.98 Å². The first-order chi connectivity index (χ1) is 9.13. The minimum absolute atomic E-state index is 0.0273. The van der Waals surface area contributed by atoms with Crippen molar-refractivity contribution in [2.75, 3.05) is 17.7 Å². The number of halogens is 1. The molecule has 0 amide bonds. The van der Waals surface area contributed by atoms with Crippen LogP contribution in [-0.2, 0) is 0 Å². The third kappa shape index (κ3) is 3.05. The van der Waals surface area contributed by atoms with Crippen LogP contribution >= 0.6 is 0 Å². The standard InChI is InChI=1S/C12H16FN5O/c1-2-3-8(6-19)16-11-10-9(17-12(14)18-11)4-7(13)5-15-10/h4-5,8,19H,2-3,6H2,1H3,(H3,14,16,17,18)/t8-/m0/s1. The molecule has 2 heterocycles. The topological polar surface area (TPSA) is 97.0 Å². The summed E-state index contributed by atoms with van der Waals surface area (Å²) in [7, 11) is 0. The number of aliphatic hydroxyl groups is 1. The number of hydrogen-bond donors (Lipinski definition) is 3. The highest BCUT2D eigenvalue weighted by Gasteiger charge is 2.13. The first-order valence-corrected chi connectivity index (χ1v) is 6.10. The van der Waals surface area contributed by atoms with Crippen LogP contribution in [0.3, 0.4) is 0 Å². The Kier molecular flexibility index (Phi) is 4.06. The molecule has 0 radical (unpaired) electrons. The van der Waals surface area contributed by atoms with Crippen LogP contribution in [0.5, 0.6) is 0 Å². The van der Waals surface area contributed by atoms with Gasteiger partial charge in [-0.15, -0.1) is 0 Å². The molecule has 19 heavy (non-hydrogen) atoms. The Morgan fingerprint density at radius 2 is 2.26 bits per heavy atom. The van der Waals surface area contributed by atoms with Crippen LogP contribution in [-0.4, -0.2) is 32.7 Å². The van der Waals surface area contributed by atoms with E-state index in [2.05, 4.69) is 20.3 Å². The zero-order valence-electron chi connectivity index (χ0n) is 10.6. The molecule has 1 atom stereocenters. The van der Waals surface area contributed by atoms with Gasteiger partial charge in [0.2, 0.25) is 5.95 Å². The largest absolute Gasteiger partial charge is 0.394 e. The number of aliphatic hydroxyl groups excluding tert-OH is 1. The van der Waals surface area contributed by atoms with E-state index in [4.69, 9.17) is 5.73 Å². The lowest BCUT2D eigenvalue weighted by atomic mass is 10.2. The molecule has 0 bridgehead atoms. The van der Waals surface area contributed by atoms with Crippen LogP contribution in [0.15, 0.2) is 12.3 Å². The molecule has 0 aliphatic carbocycles. The fourth-order valence-electron chi connectivity index (χ4n) is 1.86. The van der Waals surface area contributed by atoms with Crippen molar-refractivity contribution in [3.63, 3.8) is 0 Å². The van der Waals surface area contributed by atoms with Gasteiger partial charge in [-0.05, 0) is 6.42 Å². The molecule has 102 valence electrons. The van der Waals surface area contributed by atoms with Crippen LogP contribution in [0.1, 0.15) is 19.8 Å². The van der Waals surface area contributed by atoms with Crippen molar-refractivity contribution in [2.45, 2.75) is 25.8 Å². The van der Waals surface area contributed by atoms with Crippen molar-refractivity contribution in [1.29, 1.82) is 0 Å². The van der Waals surface area contributed by atoms with Gasteiger partial charge in [0, 0.05) is 6.07 Å². The molecule has 7 heteroatoms. The van der Waals surface area contributed by atoms with E-state index in [1.807, 2.05) is 6.92 Å². The first kappa shape index (κ1) is 13.4. The monoisotopic (exact) mass is 265 g/mol. The molecule has 0 aromatic carbocycles. The molecule has 0 spiro atoms. The third-order valence-electron chi connectivity index (χ3n) is 2.72. The lowest BCUT2D eigenvalue weighted by molar-refractivity contribution is 0.268. The minimum atomic E-state index is -0.483. The summed E-state index contributed by atoms with van der Waals surface area (Å²) in [5.41, 5.74) is 6.36. The maximum absolute atomic E-state index is 13.1. The molecule has 0 aliphatic rings. The van der Waals surface area contributed by atoms with E-state index in [0.717, 1.165) is 19.0 Å². The van der Waals surface area contributed by atoms with Crippen molar-refractivity contribution in [1.82, 2.24) is 15.0 Å². The summed E-state index contributed by atoms with van der Waals surface area (Å²) >= 11 is 0. The highest BCUT2D eigenvalue weighted by Crippen LogP contribution is 2.20. The second-order valence-corrected chi connectivity index (χ2v) is 4.26. The Morgan fingerprint density at radius 1 is 1.47 bits per heavy atom. The highest BCUT2D eigenvalue weighted by atomic mass is 19.1. The molecular weight excluding hydrogens is 249 g/mol. The lowest BCUT2D eigenvalue weighted by Gasteiger charge is -2.16. The predicted molar refractivity (Wildman–Crippen MR) is 71.1 cm³/mol. The van der Waals surface area contributed by atoms with Gasteiger partial charge in [-0.25, -0.2) is 14.4 Å². The summed E-state index contributed by atoms with van der Waals surface area (Å²) < 4.78 is 13.1. The minimum Gasteiger partial charge on any atom is -0.394 e. The number of nitrogens with one attached hydrogen (secondary N) is 1. The Labute approximate surface area is 109 Å². The van der Waals surface area contributed by atoms with Gasteiger partial charge in [0.1, 0.15) is 11.3 Å². The van der Waals surface area contributed by atoms with Gasteiger partial charge in [-0.3, -0.25) is 0 Å². The Balaban J connectivity index is 2.41. The SMILES string of the molecule is CCC[C@@H](CO)Nc1nc(N)nc2cc(F)cnc12. The molecule has 0 saturated carbocycles. The summed E-state index contributed by atoms with van der Waals surface area (Å²) in [6, 6.07) is 1.11. The summed E-state index contributed by atoms with van der Waals surface area (Å²) in [5, 5.41) is 12.4. The molecule has 0 unspecified atom stereocenters. The fraction of sp³-hybridized carbons (Fsp3) is 0.417. The number of anilines is 2. The van der Waals surface area contributed by atoms with Crippen molar-refractivity contribution in [3.8, 4) is 0 Å². The van der Waals surface area contributed by atoms with Gasteiger partial charge in [-0.1, -0.05) is 13.3 Å². The average molecular weight is 265 g/mol. The number of nitrogens with zero attached hydrogens (tertiary/aromatic N) is 3. The van der Waals surface area contributed by atoms with Gasteiger partial charge in [0.15, 0.2) is 5.82 Å². The molecule has 0 saturated heterocycles. The number of fused-ring (bicyclic) bond motifs is 1. The Morgan fingerprint density at radius 3 is 2.95 bits per heavy atom. The summed E-state index contributed by atoms with van der Waals surface area (Å²) in [6.07, 6.45) is 2.79. The van der Waals surface area contributed by atoms with Crippen LogP contribution in [0.25, 0.3) is 11.0 Å². The third-order valence-corrected chi connectivity index (χ3v) is 2.72. The molecule has 0 fully saturated rings. The van der Waals surface area contributed by atoms with E-state index in [0.29, 0.717) is 16.9 Å². The molecule has 2 aromatic rings. The van der Waals surface area contributed by atoms with Gasteiger partial charge in [0.25, 0.3) is 0 Å². The summed E-state index contributed by atoms with van der Waals surface area (Å²) in [6.45, 7) is 1.99. The van der Waals surface area contributed by atoms with E-state index in [1.165, 1.54) is 6.07 Å². The summed E-state index contributed by atoms with van der Waals surface area (Å²) in [4.78, 5) is 12.0. The van der Waals surface area contributed by atoms with Gasteiger partial charge >= 0.3 is 0 Å². The number of hydrogen-bond acceptors (Lipinski definition) is 6. The zero-order valence-corrected chi connectivity index (χ0v) is 10.6. The number of rotatable bonds is 5. The van der Waals surface area contributed by atoms with E-state index in [1.54, 1.807) is 0 Å². The maximum atomic E-state index is 13.1. The van der Waals surface area contributed by atoms with E-state index < -0.39 is 5.82 Å². The zero-order chi connectivity index (χ0) is 13.8.